The molecule has 1 aliphatic rings. The maximum Gasteiger partial charge on any atom is 0.279 e. The van der Waals surface area contributed by atoms with Gasteiger partial charge in [0.25, 0.3) is 10.0 Å². The number of benzene rings is 3. The normalized spacial score (nSPS) is 15.7. The summed E-state index contributed by atoms with van der Waals surface area (Å²) in [5, 5.41) is 5.12. The molecule has 0 aromatic heterocycles. The Balaban J connectivity index is 1.86. The van der Waals surface area contributed by atoms with E-state index in [-0.39, 0.29) is 4.90 Å². The maximum atomic E-state index is 13.7. The Bertz CT molecular complexity index is 1310. The quantitative estimate of drug-likeness (QED) is 0.445. The molecular formula is C25H25ClN2O5S. The Morgan fingerprint density at radius 1 is 0.941 bits per heavy atom. The standard InChI is InChI=1S/C25H25ClN2O5S/c1-16-8-10-20(11-9-16)34(29,30)28-22(15-21(27-28)17-6-5-7-19(26)12-17)18-13-23(31-2)25(33-4)24(14-18)32-3/h5-14,22H,15H2,1-4H3. The van der Waals surface area contributed by atoms with E-state index in [1.165, 1.54) is 21.3 Å². The molecule has 0 fully saturated rings. The summed E-state index contributed by atoms with van der Waals surface area (Å²) in [6.45, 7) is 1.90. The van der Waals surface area contributed by atoms with E-state index in [0.717, 1.165) is 15.5 Å². The average molecular weight is 501 g/mol. The summed E-state index contributed by atoms with van der Waals surface area (Å²) in [6, 6.07) is 16.8. The van der Waals surface area contributed by atoms with Crippen LogP contribution in [0.2, 0.25) is 5.02 Å². The van der Waals surface area contributed by atoms with Crippen LogP contribution in [0, 0.1) is 6.92 Å². The number of hydrazone groups is 1. The highest BCUT2D eigenvalue weighted by molar-refractivity contribution is 7.89. The minimum Gasteiger partial charge on any atom is -0.493 e. The topological polar surface area (TPSA) is 77.4 Å². The van der Waals surface area contributed by atoms with Crippen LogP contribution < -0.4 is 14.2 Å². The van der Waals surface area contributed by atoms with Gasteiger partial charge in [0, 0.05) is 11.4 Å². The van der Waals surface area contributed by atoms with Gasteiger partial charge in [0.1, 0.15) is 0 Å². The van der Waals surface area contributed by atoms with E-state index in [9.17, 15) is 8.42 Å². The summed E-state index contributed by atoms with van der Waals surface area (Å²) in [5.74, 6) is 1.29. The fraction of sp³-hybridized carbons (Fsp3) is 0.240. The number of halogens is 1. The van der Waals surface area contributed by atoms with Crippen LogP contribution in [0.4, 0.5) is 0 Å². The highest BCUT2D eigenvalue weighted by atomic mass is 35.5. The number of sulfonamides is 1. The van der Waals surface area contributed by atoms with Crippen molar-refractivity contribution in [1.29, 1.82) is 0 Å². The van der Waals surface area contributed by atoms with Gasteiger partial charge in [0.15, 0.2) is 11.5 Å². The van der Waals surface area contributed by atoms with Crippen LogP contribution in [-0.4, -0.2) is 39.9 Å². The lowest BCUT2D eigenvalue weighted by molar-refractivity contribution is 0.319. The number of hydrogen-bond acceptors (Lipinski definition) is 6. The predicted octanol–water partition coefficient (Wildman–Crippen LogP) is 5.21. The molecule has 0 amide bonds. The highest BCUT2D eigenvalue weighted by Crippen LogP contribution is 2.44. The second kappa shape index (κ2) is 9.56. The van der Waals surface area contributed by atoms with Gasteiger partial charge in [0.2, 0.25) is 5.75 Å². The summed E-state index contributed by atoms with van der Waals surface area (Å²) >= 11 is 6.19. The van der Waals surface area contributed by atoms with Gasteiger partial charge in [-0.05, 0) is 54.4 Å². The third-order valence-corrected chi connectivity index (χ3v) is 7.60. The van der Waals surface area contributed by atoms with Gasteiger partial charge >= 0.3 is 0 Å². The van der Waals surface area contributed by atoms with Crippen molar-refractivity contribution < 1.29 is 22.6 Å². The lowest BCUT2D eigenvalue weighted by atomic mass is 9.98. The van der Waals surface area contributed by atoms with Gasteiger partial charge in [-0.15, -0.1) is 0 Å². The molecule has 1 atom stereocenters. The van der Waals surface area contributed by atoms with Crippen molar-refractivity contribution in [3.63, 3.8) is 0 Å². The number of rotatable bonds is 7. The zero-order valence-corrected chi connectivity index (χ0v) is 20.9. The minimum absolute atomic E-state index is 0.159. The van der Waals surface area contributed by atoms with Crippen molar-refractivity contribution >= 4 is 27.3 Å². The molecule has 7 nitrogen and oxygen atoms in total. The summed E-state index contributed by atoms with van der Waals surface area (Å²) in [6.07, 6.45) is 0.337. The number of hydrogen-bond donors (Lipinski definition) is 0. The Morgan fingerprint density at radius 2 is 1.59 bits per heavy atom. The predicted molar refractivity (Wildman–Crippen MR) is 132 cm³/mol. The number of aryl methyl sites for hydroxylation is 1. The monoisotopic (exact) mass is 500 g/mol. The van der Waals surface area contributed by atoms with Crippen LogP contribution in [-0.2, 0) is 10.0 Å². The molecular weight excluding hydrogens is 476 g/mol. The van der Waals surface area contributed by atoms with Gasteiger partial charge in [-0.3, -0.25) is 0 Å². The van der Waals surface area contributed by atoms with Crippen molar-refractivity contribution in [1.82, 2.24) is 4.41 Å². The SMILES string of the molecule is COc1cc(C2CC(c3cccc(Cl)c3)=NN2S(=O)(=O)c2ccc(C)cc2)cc(OC)c1OC. The smallest absolute Gasteiger partial charge is 0.279 e. The Labute approximate surface area is 204 Å². The molecule has 1 heterocycles. The largest absolute Gasteiger partial charge is 0.493 e. The third-order valence-electron chi connectivity index (χ3n) is 5.67. The Hall–Kier alpha value is -3.23. The van der Waals surface area contributed by atoms with Crippen molar-refractivity contribution in [3.8, 4) is 17.2 Å². The van der Waals surface area contributed by atoms with Crippen LogP contribution in [0.15, 0.2) is 70.7 Å². The summed E-state index contributed by atoms with van der Waals surface area (Å²) < 4.78 is 45.0. The lowest BCUT2D eigenvalue weighted by Crippen LogP contribution is -2.27. The van der Waals surface area contributed by atoms with Gasteiger partial charge < -0.3 is 14.2 Å². The van der Waals surface area contributed by atoms with Gasteiger partial charge in [-0.2, -0.15) is 17.9 Å². The van der Waals surface area contributed by atoms with Crippen molar-refractivity contribution in [2.45, 2.75) is 24.3 Å². The second-order valence-electron chi connectivity index (χ2n) is 7.83. The molecule has 3 aromatic carbocycles. The first-order chi connectivity index (χ1) is 16.3. The number of methoxy groups -OCH3 is 3. The molecule has 0 N–H and O–H groups in total. The zero-order valence-electron chi connectivity index (χ0n) is 19.3. The minimum atomic E-state index is -3.96. The average Bonchev–Trinajstić information content (AvgIpc) is 3.30. The number of ether oxygens (including phenoxy) is 3. The molecule has 4 rings (SSSR count). The number of nitrogens with zero attached hydrogens (tertiary/aromatic N) is 2. The molecule has 178 valence electrons. The van der Waals surface area contributed by atoms with Gasteiger partial charge in [-0.1, -0.05) is 41.4 Å². The van der Waals surface area contributed by atoms with Gasteiger partial charge in [0.05, 0.1) is 38.0 Å². The van der Waals surface area contributed by atoms with Crippen molar-refractivity contribution in [3.05, 3.63) is 82.4 Å². The molecule has 0 radical (unpaired) electrons. The first-order valence-electron chi connectivity index (χ1n) is 10.5. The van der Waals surface area contributed by atoms with E-state index in [2.05, 4.69) is 5.10 Å². The van der Waals surface area contributed by atoms with Gasteiger partial charge in [-0.25, -0.2) is 0 Å². The second-order valence-corrected chi connectivity index (χ2v) is 10.1. The van der Waals surface area contributed by atoms with Crippen molar-refractivity contribution in [2.24, 2.45) is 5.10 Å². The third kappa shape index (κ3) is 4.43. The molecule has 0 saturated carbocycles. The molecule has 0 aliphatic carbocycles. The molecule has 3 aromatic rings. The van der Waals surface area contributed by atoms with E-state index in [0.29, 0.717) is 40.0 Å². The van der Waals surface area contributed by atoms with E-state index in [1.807, 2.05) is 19.1 Å². The molecule has 1 aliphatic heterocycles. The van der Waals surface area contributed by atoms with E-state index in [4.69, 9.17) is 25.8 Å². The molecule has 0 bridgehead atoms. The Kier molecular flexibility index (Phi) is 6.72. The fourth-order valence-electron chi connectivity index (χ4n) is 3.91. The highest BCUT2D eigenvalue weighted by Gasteiger charge is 2.38. The molecule has 34 heavy (non-hydrogen) atoms. The fourth-order valence-corrected chi connectivity index (χ4v) is 5.54. The van der Waals surface area contributed by atoms with Crippen LogP contribution in [0.5, 0.6) is 17.2 Å². The van der Waals surface area contributed by atoms with Crippen molar-refractivity contribution in [2.75, 3.05) is 21.3 Å². The molecule has 1 unspecified atom stereocenters. The lowest BCUT2D eigenvalue weighted by Gasteiger charge is -2.25. The first-order valence-corrected chi connectivity index (χ1v) is 12.3. The van der Waals surface area contributed by atoms with E-state index in [1.54, 1.807) is 48.5 Å². The van der Waals surface area contributed by atoms with E-state index < -0.39 is 16.1 Å². The maximum absolute atomic E-state index is 13.7. The summed E-state index contributed by atoms with van der Waals surface area (Å²) in [7, 11) is 0.596. The van der Waals surface area contributed by atoms with Crippen LogP contribution in [0.3, 0.4) is 0 Å². The van der Waals surface area contributed by atoms with Crippen LogP contribution >= 0.6 is 11.6 Å². The van der Waals surface area contributed by atoms with Crippen LogP contribution in [0.25, 0.3) is 0 Å². The molecule has 0 saturated heterocycles. The molecule has 0 spiro atoms. The van der Waals surface area contributed by atoms with E-state index >= 15 is 0 Å². The zero-order chi connectivity index (χ0) is 24.5. The summed E-state index contributed by atoms with van der Waals surface area (Å²) in [5.41, 5.74) is 2.99. The summed E-state index contributed by atoms with van der Waals surface area (Å²) in [4.78, 5) is 0.159. The van der Waals surface area contributed by atoms with Crippen LogP contribution in [0.1, 0.15) is 29.2 Å². The molecule has 9 heteroatoms. The first kappa shape index (κ1) is 23.9. The Morgan fingerprint density at radius 3 is 2.15 bits per heavy atom.